The minimum atomic E-state index is -0.118. The van der Waals surface area contributed by atoms with Gasteiger partial charge in [0, 0.05) is 17.6 Å². The van der Waals surface area contributed by atoms with Crippen molar-refractivity contribution in [2.75, 3.05) is 11.9 Å². The van der Waals surface area contributed by atoms with Gasteiger partial charge in [-0.05, 0) is 25.1 Å². The van der Waals surface area contributed by atoms with E-state index in [-0.39, 0.29) is 5.91 Å². The van der Waals surface area contributed by atoms with Gasteiger partial charge in [-0.1, -0.05) is 45.8 Å². The van der Waals surface area contributed by atoms with Crippen LogP contribution < -0.4 is 4.90 Å². The van der Waals surface area contributed by atoms with Crippen LogP contribution in [0.3, 0.4) is 0 Å². The molecule has 0 saturated carbocycles. The number of rotatable bonds is 3. The fourth-order valence-electron chi connectivity index (χ4n) is 1.23. The van der Waals surface area contributed by atoms with Crippen LogP contribution in [-0.2, 0) is 4.79 Å². The molecule has 0 fully saturated rings. The lowest BCUT2D eigenvalue weighted by molar-refractivity contribution is -0.113. The van der Waals surface area contributed by atoms with Crippen LogP contribution in [0.2, 0.25) is 5.02 Å². The molecule has 0 radical (unpaired) electrons. The van der Waals surface area contributed by atoms with E-state index in [1.807, 2.05) is 19.1 Å². The highest BCUT2D eigenvalue weighted by Gasteiger charge is 2.11. The molecule has 2 nitrogen and oxygen atoms in total. The van der Waals surface area contributed by atoms with Crippen LogP contribution in [0.5, 0.6) is 0 Å². The molecule has 0 aliphatic heterocycles. The van der Waals surface area contributed by atoms with Crippen LogP contribution in [0.1, 0.15) is 6.92 Å². The molecule has 1 aromatic carbocycles. The predicted molar refractivity (Wildman–Crippen MR) is 76.5 cm³/mol. The smallest absolute Gasteiger partial charge is 0.250 e. The normalized spacial score (nSPS) is 11.3. The summed E-state index contributed by atoms with van der Waals surface area (Å²) in [7, 11) is 1.69. The molecule has 90 valence electrons. The average Bonchev–Trinajstić information content (AvgIpc) is 2.28. The number of amides is 1. The Morgan fingerprint density at radius 3 is 2.71 bits per heavy atom. The van der Waals surface area contributed by atoms with Gasteiger partial charge in [0.15, 0.2) is 0 Å². The number of likely N-dealkylation sites (N-methyl/N-ethyl adjacent to an activating group) is 1. The van der Waals surface area contributed by atoms with Crippen LogP contribution in [0, 0.1) is 0 Å². The van der Waals surface area contributed by atoms with Crippen molar-refractivity contribution in [3.63, 3.8) is 0 Å². The van der Waals surface area contributed by atoms with Crippen molar-refractivity contribution in [2.45, 2.75) is 6.92 Å². The summed E-state index contributed by atoms with van der Waals surface area (Å²) in [6.07, 6.45) is 6.86. The number of hydrogen-bond donors (Lipinski definition) is 0. The molecule has 0 atom stereocenters. The Labute approximate surface area is 115 Å². The minimum Gasteiger partial charge on any atom is -0.310 e. The Bertz CT molecular complexity index is 468. The second kappa shape index (κ2) is 6.62. The number of halogens is 2. The summed E-state index contributed by atoms with van der Waals surface area (Å²) in [6, 6.07) is 5.41. The lowest BCUT2D eigenvalue weighted by Crippen LogP contribution is -2.24. The molecule has 1 rings (SSSR count). The molecule has 0 bridgehead atoms. The van der Waals surface area contributed by atoms with Crippen molar-refractivity contribution in [3.05, 3.63) is 52.0 Å². The molecular weight excluding hydrogens is 302 g/mol. The van der Waals surface area contributed by atoms with Gasteiger partial charge in [0.25, 0.3) is 5.91 Å². The Balaban J connectivity index is 2.88. The van der Waals surface area contributed by atoms with Gasteiger partial charge in [0.05, 0.1) is 10.7 Å². The van der Waals surface area contributed by atoms with Gasteiger partial charge in [0.1, 0.15) is 0 Å². The van der Waals surface area contributed by atoms with E-state index in [1.54, 1.807) is 31.3 Å². The third-order valence-corrected chi connectivity index (χ3v) is 2.94. The van der Waals surface area contributed by atoms with E-state index < -0.39 is 0 Å². The van der Waals surface area contributed by atoms with Gasteiger partial charge in [-0.3, -0.25) is 4.79 Å². The van der Waals surface area contributed by atoms with E-state index in [2.05, 4.69) is 15.9 Å². The first-order valence-electron chi connectivity index (χ1n) is 5.08. The van der Waals surface area contributed by atoms with Gasteiger partial charge in [-0.15, -0.1) is 0 Å². The highest BCUT2D eigenvalue weighted by molar-refractivity contribution is 9.10. The standard InChI is InChI=1S/C13H13BrClNO/c1-3-4-5-6-13(17)16(2)12-8-7-10(14)9-11(12)15/h3-9H,1-2H3. The monoisotopic (exact) mass is 313 g/mol. The van der Waals surface area contributed by atoms with Crippen LogP contribution in [0.25, 0.3) is 0 Å². The fourth-order valence-corrected chi connectivity index (χ4v) is 2.03. The minimum absolute atomic E-state index is 0.118. The largest absolute Gasteiger partial charge is 0.310 e. The number of carbonyl (C=O) groups excluding carboxylic acids is 1. The summed E-state index contributed by atoms with van der Waals surface area (Å²) in [6.45, 7) is 1.89. The van der Waals surface area contributed by atoms with E-state index in [9.17, 15) is 4.79 Å². The molecular formula is C13H13BrClNO. The molecule has 0 aliphatic carbocycles. The molecule has 0 spiro atoms. The first kappa shape index (κ1) is 14.0. The molecule has 0 saturated heterocycles. The van der Waals surface area contributed by atoms with Crippen LogP contribution >= 0.6 is 27.5 Å². The number of carbonyl (C=O) groups is 1. The van der Waals surface area contributed by atoms with Crippen molar-refractivity contribution in [2.24, 2.45) is 0 Å². The van der Waals surface area contributed by atoms with Crippen molar-refractivity contribution >= 4 is 39.1 Å². The molecule has 1 aromatic rings. The highest BCUT2D eigenvalue weighted by atomic mass is 79.9. The molecule has 0 N–H and O–H groups in total. The number of allylic oxidation sites excluding steroid dienone is 3. The molecule has 17 heavy (non-hydrogen) atoms. The summed E-state index contributed by atoms with van der Waals surface area (Å²) in [5, 5.41) is 0.537. The van der Waals surface area contributed by atoms with Gasteiger partial charge in [-0.2, -0.15) is 0 Å². The first-order valence-corrected chi connectivity index (χ1v) is 6.25. The van der Waals surface area contributed by atoms with Crippen molar-refractivity contribution in [3.8, 4) is 0 Å². The SMILES string of the molecule is CC=CC=CC(=O)N(C)c1ccc(Br)cc1Cl. The van der Waals surface area contributed by atoms with Gasteiger partial charge >= 0.3 is 0 Å². The number of anilines is 1. The molecule has 0 unspecified atom stereocenters. The van der Waals surface area contributed by atoms with Gasteiger partial charge in [0.2, 0.25) is 0 Å². The molecule has 1 amide bonds. The lowest BCUT2D eigenvalue weighted by Gasteiger charge is -2.16. The van der Waals surface area contributed by atoms with E-state index in [1.165, 1.54) is 11.0 Å². The molecule has 0 aliphatic rings. The maximum Gasteiger partial charge on any atom is 0.250 e. The fraction of sp³-hybridized carbons (Fsp3) is 0.154. The second-order valence-corrected chi connectivity index (χ2v) is 4.70. The molecule has 4 heteroatoms. The Morgan fingerprint density at radius 2 is 2.12 bits per heavy atom. The zero-order valence-electron chi connectivity index (χ0n) is 9.65. The maximum atomic E-state index is 11.8. The third-order valence-electron chi connectivity index (χ3n) is 2.14. The van der Waals surface area contributed by atoms with E-state index >= 15 is 0 Å². The lowest BCUT2D eigenvalue weighted by atomic mass is 10.3. The second-order valence-electron chi connectivity index (χ2n) is 3.38. The van der Waals surface area contributed by atoms with Crippen LogP contribution in [-0.4, -0.2) is 13.0 Å². The Kier molecular flexibility index (Phi) is 5.45. The summed E-state index contributed by atoms with van der Waals surface area (Å²) < 4.78 is 0.886. The zero-order valence-corrected chi connectivity index (χ0v) is 12.0. The van der Waals surface area contributed by atoms with Crippen molar-refractivity contribution in [1.29, 1.82) is 0 Å². The van der Waals surface area contributed by atoms with Crippen LogP contribution in [0.4, 0.5) is 5.69 Å². The number of hydrogen-bond acceptors (Lipinski definition) is 1. The van der Waals surface area contributed by atoms with Crippen molar-refractivity contribution < 1.29 is 4.79 Å². The summed E-state index contributed by atoms with van der Waals surface area (Å²) >= 11 is 9.39. The van der Waals surface area contributed by atoms with E-state index in [0.717, 1.165) is 4.47 Å². The first-order chi connectivity index (χ1) is 8.06. The number of nitrogens with zero attached hydrogens (tertiary/aromatic N) is 1. The average molecular weight is 315 g/mol. The van der Waals surface area contributed by atoms with Crippen LogP contribution in [0.15, 0.2) is 47.0 Å². The third kappa shape index (κ3) is 4.02. The van der Waals surface area contributed by atoms with E-state index in [4.69, 9.17) is 11.6 Å². The van der Waals surface area contributed by atoms with E-state index in [0.29, 0.717) is 10.7 Å². The summed E-state index contributed by atoms with van der Waals surface area (Å²) in [5.74, 6) is -0.118. The van der Waals surface area contributed by atoms with Gasteiger partial charge < -0.3 is 4.90 Å². The Morgan fingerprint density at radius 1 is 1.41 bits per heavy atom. The topological polar surface area (TPSA) is 20.3 Å². The molecule has 0 heterocycles. The quantitative estimate of drug-likeness (QED) is 0.605. The van der Waals surface area contributed by atoms with Gasteiger partial charge in [-0.25, -0.2) is 0 Å². The zero-order chi connectivity index (χ0) is 12.8. The predicted octanol–water partition coefficient (Wildman–Crippen LogP) is 4.20. The number of benzene rings is 1. The van der Waals surface area contributed by atoms with Crippen molar-refractivity contribution in [1.82, 2.24) is 0 Å². The summed E-state index contributed by atoms with van der Waals surface area (Å²) in [4.78, 5) is 13.3. The maximum absolute atomic E-state index is 11.8. The molecule has 0 aromatic heterocycles. The summed E-state index contributed by atoms with van der Waals surface area (Å²) in [5.41, 5.74) is 0.685. The Hall–Kier alpha value is -1.06. The highest BCUT2D eigenvalue weighted by Crippen LogP contribution is 2.28.